The molecule has 1 nitrogen and oxygen atoms in total. The van der Waals surface area contributed by atoms with Crippen LogP contribution in [-0.4, -0.2) is 5.11 Å². The molecular weight excluding hydrogens is 412 g/mol. The van der Waals surface area contributed by atoms with Crippen molar-refractivity contribution in [3.63, 3.8) is 0 Å². The third kappa shape index (κ3) is 8.73. The number of rotatable bonds is 12. The van der Waals surface area contributed by atoms with Crippen molar-refractivity contribution >= 4 is 43.2 Å². The third-order valence-electron chi connectivity index (χ3n) is 3.87. The van der Waals surface area contributed by atoms with Crippen LogP contribution in [0, 0.1) is 0 Å². The van der Waals surface area contributed by atoms with Crippen LogP contribution >= 0.6 is 43.2 Å². The van der Waals surface area contributed by atoms with Crippen LogP contribution in [-0.2, 0) is 0 Å². The lowest BCUT2D eigenvalue weighted by Crippen LogP contribution is -1.96. The van der Waals surface area contributed by atoms with Gasteiger partial charge >= 0.3 is 0 Å². The molecule has 0 aliphatic rings. The maximum absolute atomic E-state index is 10.2. The second-order valence-electron chi connectivity index (χ2n) is 5.77. The Hall–Kier alpha value is 0.620. The highest BCUT2D eigenvalue weighted by Gasteiger charge is 2.13. The van der Waals surface area contributed by atoms with E-state index in [1.165, 1.54) is 57.8 Å². The van der Waals surface area contributed by atoms with E-state index in [2.05, 4.69) is 38.8 Å². The standard InChI is InChI=1S/C17H28Br2OS/c1-2-3-4-5-6-7-8-9-10-11-12-15(20)14-13-16(18)21-17(14)19/h13,15,20H,2-12H2,1H3. The predicted molar refractivity (Wildman–Crippen MR) is 101 cm³/mol. The van der Waals surface area contributed by atoms with Gasteiger partial charge in [-0.15, -0.1) is 11.3 Å². The van der Waals surface area contributed by atoms with Crippen LogP contribution in [0.2, 0.25) is 0 Å². The molecule has 0 bridgehead atoms. The summed E-state index contributed by atoms with van der Waals surface area (Å²) < 4.78 is 2.13. The molecule has 0 aromatic carbocycles. The average Bonchev–Trinajstić information content (AvgIpc) is 2.79. The molecule has 21 heavy (non-hydrogen) atoms. The Kier molecular flexibility index (Phi) is 11.3. The third-order valence-corrected chi connectivity index (χ3v) is 6.26. The first-order chi connectivity index (χ1) is 10.1. The van der Waals surface area contributed by atoms with Gasteiger partial charge in [0.1, 0.15) is 0 Å². The minimum absolute atomic E-state index is 0.323. The molecule has 1 atom stereocenters. The quantitative estimate of drug-likeness (QED) is 0.332. The number of hydrogen-bond donors (Lipinski definition) is 1. The molecular formula is C17H28Br2OS. The zero-order chi connectivity index (χ0) is 15.5. The largest absolute Gasteiger partial charge is 0.388 e. The van der Waals surface area contributed by atoms with Crippen LogP contribution in [0.1, 0.15) is 89.2 Å². The van der Waals surface area contributed by atoms with E-state index in [0.29, 0.717) is 0 Å². The van der Waals surface area contributed by atoms with E-state index < -0.39 is 0 Å². The molecule has 0 saturated heterocycles. The predicted octanol–water partition coefficient (Wildman–Crippen LogP) is 7.62. The minimum atomic E-state index is -0.323. The number of aliphatic hydroxyl groups excluding tert-OH is 1. The molecule has 0 radical (unpaired) electrons. The van der Waals surface area contributed by atoms with Gasteiger partial charge in [0.15, 0.2) is 0 Å². The number of aliphatic hydroxyl groups is 1. The molecule has 0 spiro atoms. The first-order valence-electron chi connectivity index (χ1n) is 8.28. The zero-order valence-corrected chi connectivity index (χ0v) is 17.0. The number of unbranched alkanes of at least 4 members (excludes halogenated alkanes) is 9. The van der Waals surface area contributed by atoms with Gasteiger partial charge in [-0.1, -0.05) is 71.1 Å². The van der Waals surface area contributed by atoms with E-state index in [9.17, 15) is 5.11 Å². The summed E-state index contributed by atoms with van der Waals surface area (Å²) >= 11 is 8.61. The van der Waals surface area contributed by atoms with Gasteiger partial charge in [-0.2, -0.15) is 0 Å². The summed E-state index contributed by atoms with van der Waals surface area (Å²) in [4.78, 5) is 0. The summed E-state index contributed by atoms with van der Waals surface area (Å²) in [5.41, 5.74) is 1.03. The molecule has 0 fully saturated rings. The summed E-state index contributed by atoms with van der Waals surface area (Å²) in [6.45, 7) is 2.27. The van der Waals surface area contributed by atoms with Gasteiger partial charge < -0.3 is 5.11 Å². The fraction of sp³-hybridized carbons (Fsp3) is 0.765. The smallest absolute Gasteiger partial charge is 0.0809 e. The SMILES string of the molecule is CCCCCCCCCCCCC(O)c1cc(Br)sc1Br. The van der Waals surface area contributed by atoms with Crippen LogP contribution in [0.5, 0.6) is 0 Å². The van der Waals surface area contributed by atoms with Crippen LogP contribution in [0.25, 0.3) is 0 Å². The summed E-state index contributed by atoms with van der Waals surface area (Å²) in [7, 11) is 0. The van der Waals surface area contributed by atoms with Crippen molar-refractivity contribution in [3.05, 3.63) is 19.2 Å². The fourth-order valence-electron chi connectivity index (χ4n) is 2.56. The van der Waals surface area contributed by atoms with Gasteiger partial charge in [0, 0.05) is 5.56 Å². The van der Waals surface area contributed by atoms with Gasteiger partial charge in [0.25, 0.3) is 0 Å². The monoisotopic (exact) mass is 438 g/mol. The highest BCUT2D eigenvalue weighted by atomic mass is 79.9. The van der Waals surface area contributed by atoms with E-state index in [0.717, 1.165) is 26.0 Å². The highest BCUT2D eigenvalue weighted by Crippen LogP contribution is 2.37. The van der Waals surface area contributed by atoms with E-state index in [-0.39, 0.29) is 6.10 Å². The van der Waals surface area contributed by atoms with Crippen LogP contribution in [0.4, 0.5) is 0 Å². The Balaban J connectivity index is 1.98. The van der Waals surface area contributed by atoms with Gasteiger partial charge in [-0.3, -0.25) is 0 Å². The normalized spacial score (nSPS) is 12.8. The van der Waals surface area contributed by atoms with Crippen molar-refractivity contribution in [2.24, 2.45) is 0 Å². The number of thiophene rings is 1. The average molecular weight is 440 g/mol. The first kappa shape index (κ1) is 19.7. The molecule has 1 unspecified atom stereocenters. The van der Waals surface area contributed by atoms with E-state index in [4.69, 9.17) is 0 Å². The molecule has 0 saturated carbocycles. The van der Waals surface area contributed by atoms with Crippen molar-refractivity contribution in [3.8, 4) is 0 Å². The fourth-order valence-corrected chi connectivity index (χ4v) is 5.52. The van der Waals surface area contributed by atoms with Gasteiger partial charge in [-0.25, -0.2) is 0 Å². The van der Waals surface area contributed by atoms with Crippen LogP contribution in [0.3, 0.4) is 0 Å². The molecule has 122 valence electrons. The molecule has 1 N–H and O–H groups in total. The van der Waals surface area contributed by atoms with Crippen LogP contribution in [0.15, 0.2) is 13.6 Å². The number of hydrogen-bond acceptors (Lipinski definition) is 2. The summed E-state index contributed by atoms with van der Waals surface area (Å²) in [6, 6.07) is 2.02. The molecule has 0 aliphatic carbocycles. The summed E-state index contributed by atoms with van der Waals surface area (Å²) in [6.07, 6.45) is 13.9. The summed E-state index contributed by atoms with van der Waals surface area (Å²) in [5.74, 6) is 0. The lowest BCUT2D eigenvalue weighted by atomic mass is 10.0. The molecule has 1 rings (SSSR count). The number of halogens is 2. The van der Waals surface area contributed by atoms with E-state index in [1.807, 2.05) is 6.07 Å². The molecule has 4 heteroatoms. The second-order valence-corrected chi connectivity index (χ2v) is 9.52. The maximum atomic E-state index is 10.2. The Morgan fingerprint density at radius 2 is 1.48 bits per heavy atom. The molecule has 0 aliphatic heterocycles. The van der Waals surface area contributed by atoms with Crippen molar-refractivity contribution in [2.45, 2.75) is 83.7 Å². The molecule has 1 heterocycles. The lowest BCUT2D eigenvalue weighted by Gasteiger charge is -2.09. The topological polar surface area (TPSA) is 20.2 Å². The molecule has 1 aromatic heterocycles. The van der Waals surface area contributed by atoms with Gasteiger partial charge in [-0.05, 0) is 44.3 Å². The molecule has 1 aromatic rings. The van der Waals surface area contributed by atoms with E-state index in [1.54, 1.807) is 11.3 Å². The minimum Gasteiger partial charge on any atom is -0.388 e. The second kappa shape index (κ2) is 12.1. The Morgan fingerprint density at radius 3 is 1.95 bits per heavy atom. The van der Waals surface area contributed by atoms with Crippen molar-refractivity contribution in [1.82, 2.24) is 0 Å². The molecule has 0 amide bonds. The Bertz CT molecular complexity index is 379. The lowest BCUT2D eigenvalue weighted by molar-refractivity contribution is 0.163. The first-order valence-corrected chi connectivity index (χ1v) is 10.7. The Labute approximate surface area is 150 Å². The van der Waals surface area contributed by atoms with Crippen molar-refractivity contribution in [1.29, 1.82) is 0 Å². The maximum Gasteiger partial charge on any atom is 0.0809 e. The Morgan fingerprint density at radius 1 is 0.952 bits per heavy atom. The van der Waals surface area contributed by atoms with Gasteiger partial charge in [0.2, 0.25) is 0 Å². The van der Waals surface area contributed by atoms with Crippen molar-refractivity contribution < 1.29 is 5.11 Å². The van der Waals surface area contributed by atoms with Gasteiger partial charge in [0.05, 0.1) is 13.7 Å². The highest BCUT2D eigenvalue weighted by molar-refractivity contribution is 9.12. The van der Waals surface area contributed by atoms with E-state index >= 15 is 0 Å². The van der Waals surface area contributed by atoms with Crippen LogP contribution < -0.4 is 0 Å². The zero-order valence-electron chi connectivity index (χ0n) is 13.0. The van der Waals surface area contributed by atoms with Crippen molar-refractivity contribution in [2.75, 3.05) is 0 Å². The summed E-state index contributed by atoms with van der Waals surface area (Å²) in [5, 5.41) is 10.2.